The average molecular weight is 280 g/mol. The zero-order valence-corrected chi connectivity index (χ0v) is 11.3. The lowest BCUT2D eigenvalue weighted by atomic mass is 9.94. The maximum absolute atomic E-state index is 10.5. The first kappa shape index (κ1) is 14.7. The molecule has 2 unspecified atom stereocenters. The standard InChI is InChI=1S/C13H20N4O3/c18-13(8-14-6-11-4-2-1-3-5-11)10-16-9-12(7-15-16)17(19)20/h1-2,7,9,11,13-14,18H,3-6,8,10H2. The Labute approximate surface area is 117 Å². The molecule has 2 rings (SSSR count). The Morgan fingerprint density at radius 1 is 1.60 bits per heavy atom. The van der Waals surface area contributed by atoms with E-state index < -0.39 is 11.0 Å². The number of nitrogens with zero attached hydrogens (tertiary/aromatic N) is 3. The van der Waals surface area contributed by atoms with Gasteiger partial charge in [-0.05, 0) is 31.7 Å². The minimum atomic E-state index is -0.603. The third kappa shape index (κ3) is 4.43. The van der Waals surface area contributed by atoms with Gasteiger partial charge in [0.2, 0.25) is 0 Å². The molecule has 1 aliphatic carbocycles. The minimum Gasteiger partial charge on any atom is -0.390 e. The van der Waals surface area contributed by atoms with E-state index in [1.54, 1.807) is 0 Å². The van der Waals surface area contributed by atoms with Gasteiger partial charge in [-0.3, -0.25) is 14.8 Å². The van der Waals surface area contributed by atoms with Crippen LogP contribution >= 0.6 is 0 Å². The molecule has 1 aliphatic rings. The maximum Gasteiger partial charge on any atom is 0.306 e. The summed E-state index contributed by atoms with van der Waals surface area (Å²) in [4.78, 5) is 10.0. The zero-order chi connectivity index (χ0) is 14.4. The van der Waals surface area contributed by atoms with Gasteiger partial charge in [-0.2, -0.15) is 5.10 Å². The largest absolute Gasteiger partial charge is 0.390 e. The van der Waals surface area contributed by atoms with Gasteiger partial charge in [0.1, 0.15) is 12.4 Å². The summed E-state index contributed by atoms with van der Waals surface area (Å²) in [5.74, 6) is 0.637. The van der Waals surface area contributed by atoms with Crippen molar-refractivity contribution in [3.05, 3.63) is 34.7 Å². The summed E-state index contributed by atoms with van der Waals surface area (Å²) in [6.07, 6.45) is 9.73. The minimum absolute atomic E-state index is 0.0563. The van der Waals surface area contributed by atoms with Crippen molar-refractivity contribution >= 4 is 5.69 Å². The van der Waals surface area contributed by atoms with Crippen molar-refractivity contribution in [2.45, 2.75) is 31.9 Å². The molecule has 7 nitrogen and oxygen atoms in total. The summed E-state index contributed by atoms with van der Waals surface area (Å²) in [7, 11) is 0. The van der Waals surface area contributed by atoms with Gasteiger partial charge in [-0.1, -0.05) is 12.2 Å². The van der Waals surface area contributed by atoms with E-state index in [1.807, 2.05) is 0 Å². The third-order valence-electron chi connectivity index (χ3n) is 3.42. The van der Waals surface area contributed by atoms with Crippen LogP contribution < -0.4 is 5.32 Å². The second-order valence-corrected chi connectivity index (χ2v) is 5.14. The van der Waals surface area contributed by atoms with E-state index >= 15 is 0 Å². The van der Waals surface area contributed by atoms with E-state index in [-0.39, 0.29) is 12.2 Å². The van der Waals surface area contributed by atoms with Gasteiger partial charge in [0.15, 0.2) is 0 Å². The summed E-state index contributed by atoms with van der Waals surface area (Å²) < 4.78 is 1.40. The molecule has 0 radical (unpaired) electrons. The van der Waals surface area contributed by atoms with Gasteiger partial charge in [0, 0.05) is 6.54 Å². The Morgan fingerprint density at radius 3 is 3.10 bits per heavy atom. The van der Waals surface area contributed by atoms with Crippen molar-refractivity contribution in [3.8, 4) is 0 Å². The topological polar surface area (TPSA) is 93.2 Å². The molecule has 0 aromatic carbocycles. The fourth-order valence-electron chi connectivity index (χ4n) is 2.32. The second-order valence-electron chi connectivity index (χ2n) is 5.14. The van der Waals surface area contributed by atoms with Crippen LogP contribution in [0.4, 0.5) is 5.69 Å². The van der Waals surface area contributed by atoms with Crippen molar-refractivity contribution in [2.24, 2.45) is 5.92 Å². The third-order valence-corrected chi connectivity index (χ3v) is 3.42. The lowest BCUT2D eigenvalue weighted by molar-refractivity contribution is -0.385. The van der Waals surface area contributed by atoms with Crippen molar-refractivity contribution in [2.75, 3.05) is 13.1 Å². The van der Waals surface area contributed by atoms with Gasteiger partial charge in [0.25, 0.3) is 0 Å². The molecule has 1 aromatic rings. The number of aliphatic hydroxyl groups is 1. The van der Waals surface area contributed by atoms with E-state index in [0.29, 0.717) is 12.5 Å². The van der Waals surface area contributed by atoms with Gasteiger partial charge in [-0.25, -0.2) is 0 Å². The Kier molecular flexibility index (Phi) is 5.25. The molecule has 2 atom stereocenters. The van der Waals surface area contributed by atoms with Crippen molar-refractivity contribution in [1.29, 1.82) is 0 Å². The Balaban J connectivity index is 1.67. The first-order valence-corrected chi connectivity index (χ1v) is 6.86. The molecule has 7 heteroatoms. The number of aromatic nitrogens is 2. The first-order valence-electron chi connectivity index (χ1n) is 6.86. The predicted octanol–water partition coefficient (Wildman–Crippen LogP) is 1.10. The Hall–Kier alpha value is -1.73. The molecule has 1 aromatic heterocycles. The molecule has 0 spiro atoms. The highest BCUT2D eigenvalue weighted by Gasteiger charge is 2.13. The predicted molar refractivity (Wildman–Crippen MR) is 74.2 cm³/mol. The van der Waals surface area contributed by atoms with Crippen LogP contribution in [-0.4, -0.2) is 39.0 Å². The molecule has 0 saturated heterocycles. The monoisotopic (exact) mass is 280 g/mol. The van der Waals surface area contributed by atoms with E-state index in [2.05, 4.69) is 22.6 Å². The maximum atomic E-state index is 10.5. The molecule has 1 heterocycles. The van der Waals surface area contributed by atoms with Gasteiger partial charge in [-0.15, -0.1) is 0 Å². The summed E-state index contributed by atoms with van der Waals surface area (Å²) in [6.45, 7) is 1.61. The molecule has 0 amide bonds. The fourth-order valence-corrected chi connectivity index (χ4v) is 2.32. The number of nitrogens with one attached hydrogen (secondary N) is 1. The number of hydrogen-bond acceptors (Lipinski definition) is 5. The molecule has 0 saturated carbocycles. The molecule has 20 heavy (non-hydrogen) atoms. The van der Waals surface area contributed by atoms with Gasteiger partial charge >= 0.3 is 5.69 Å². The van der Waals surface area contributed by atoms with Crippen molar-refractivity contribution < 1.29 is 10.0 Å². The lowest BCUT2D eigenvalue weighted by Crippen LogP contribution is -2.33. The summed E-state index contributed by atoms with van der Waals surface area (Å²) >= 11 is 0. The van der Waals surface area contributed by atoms with E-state index in [9.17, 15) is 15.2 Å². The van der Waals surface area contributed by atoms with Crippen LogP contribution in [0.1, 0.15) is 19.3 Å². The molecular weight excluding hydrogens is 260 g/mol. The van der Waals surface area contributed by atoms with Crippen LogP contribution in [0.5, 0.6) is 0 Å². The number of rotatable bonds is 7. The SMILES string of the molecule is O=[N+]([O-])c1cnn(CC(O)CNCC2CC=CCC2)c1. The highest BCUT2D eigenvalue weighted by atomic mass is 16.6. The second kappa shape index (κ2) is 7.16. The molecule has 2 N–H and O–H groups in total. The Bertz CT molecular complexity index is 472. The highest BCUT2D eigenvalue weighted by molar-refractivity contribution is 5.20. The zero-order valence-electron chi connectivity index (χ0n) is 11.3. The van der Waals surface area contributed by atoms with Crippen LogP contribution in [0.3, 0.4) is 0 Å². The van der Waals surface area contributed by atoms with Crippen LogP contribution in [0.25, 0.3) is 0 Å². The van der Waals surface area contributed by atoms with E-state index in [0.717, 1.165) is 19.4 Å². The van der Waals surface area contributed by atoms with Crippen LogP contribution in [0, 0.1) is 16.0 Å². The van der Waals surface area contributed by atoms with Gasteiger partial charge in [0.05, 0.1) is 17.6 Å². The van der Waals surface area contributed by atoms with Gasteiger partial charge < -0.3 is 10.4 Å². The fraction of sp³-hybridized carbons (Fsp3) is 0.615. The molecule has 0 aliphatic heterocycles. The lowest BCUT2D eigenvalue weighted by Gasteiger charge is -2.19. The molecule has 0 bridgehead atoms. The average Bonchev–Trinajstić information content (AvgIpc) is 2.88. The quantitative estimate of drug-likeness (QED) is 0.443. The number of allylic oxidation sites excluding steroid dienone is 2. The van der Waals surface area contributed by atoms with Crippen molar-refractivity contribution in [3.63, 3.8) is 0 Å². The van der Waals surface area contributed by atoms with Crippen LogP contribution in [-0.2, 0) is 6.54 Å². The Morgan fingerprint density at radius 2 is 2.45 bits per heavy atom. The molecule has 110 valence electrons. The number of nitro groups is 1. The normalized spacial score (nSPS) is 19.9. The first-order chi connectivity index (χ1) is 9.65. The summed E-state index contributed by atoms with van der Waals surface area (Å²) in [5, 5.41) is 27.5. The molecular formula is C13H20N4O3. The highest BCUT2D eigenvalue weighted by Crippen LogP contribution is 2.16. The van der Waals surface area contributed by atoms with E-state index in [4.69, 9.17) is 0 Å². The number of hydrogen-bond donors (Lipinski definition) is 2. The summed E-state index contributed by atoms with van der Waals surface area (Å²) in [5.41, 5.74) is -0.0563. The number of aliphatic hydroxyl groups excluding tert-OH is 1. The smallest absolute Gasteiger partial charge is 0.306 e. The van der Waals surface area contributed by atoms with Crippen LogP contribution in [0.15, 0.2) is 24.5 Å². The van der Waals surface area contributed by atoms with Crippen LogP contribution in [0.2, 0.25) is 0 Å². The van der Waals surface area contributed by atoms with E-state index in [1.165, 1.54) is 23.5 Å². The summed E-state index contributed by atoms with van der Waals surface area (Å²) in [6, 6.07) is 0. The molecule has 0 fully saturated rings. The van der Waals surface area contributed by atoms with Crippen molar-refractivity contribution in [1.82, 2.24) is 15.1 Å².